The molecule has 0 aliphatic heterocycles. The van der Waals surface area contributed by atoms with Gasteiger partial charge in [0.2, 0.25) is 0 Å². The van der Waals surface area contributed by atoms with E-state index >= 15 is 0 Å². The smallest absolute Gasteiger partial charge is 0.302 e. The van der Waals surface area contributed by atoms with Crippen molar-refractivity contribution in [3.63, 3.8) is 0 Å². The molecule has 7 nitrogen and oxygen atoms in total. The maximum atomic E-state index is 9.63. The molecule has 0 spiro atoms. The molecule has 0 rings (SSSR count). The van der Waals surface area contributed by atoms with Crippen LogP contribution in [0, 0.1) is 0 Å². The van der Waals surface area contributed by atoms with Crippen LogP contribution < -0.4 is 0 Å². The molecule has 0 bridgehead atoms. The fraction of sp³-hybridized carbons (Fsp3) is 0. The first-order chi connectivity index (χ1) is 3.71. The number of hydrogen-bond acceptors (Lipinski definition) is 3. The Labute approximate surface area is 68.6 Å². The van der Waals surface area contributed by atoms with Gasteiger partial charge in [0, 0.05) is 19.5 Å². The minimum Gasteiger partial charge on any atom is -0.302 e. The third-order valence-electron chi connectivity index (χ3n) is 0.213. The minimum absolute atomic E-state index is 0. The van der Waals surface area contributed by atoms with Crippen molar-refractivity contribution in [2.45, 2.75) is 0 Å². The standard InChI is InChI=1S/H4O7P2.Zn/c1-8(2,3)7-9(4,5)6;/h(H2,1,2,3)(H2,4,5,6);. The van der Waals surface area contributed by atoms with Gasteiger partial charge in [0.1, 0.15) is 0 Å². The molecule has 0 fully saturated rings. The molecule has 0 saturated carbocycles. The average molecular weight is 243 g/mol. The van der Waals surface area contributed by atoms with E-state index in [2.05, 4.69) is 4.31 Å². The fourth-order valence-corrected chi connectivity index (χ4v) is 1.25. The van der Waals surface area contributed by atoms with Crippen LogP contribution in [0.25, 0.3) is 0 Å². The van der Waals surface area contributed by atoms with Crippen LogP contribution in [0.3, 0.4) is 0 Å². The molecule has 0 aromatic rings. The van der Waals surface area contributed by atoms with Crippen LogP contribution in [0.4, 0.5) is 0 Å². The van der Waals surface area contributed by atoms with Gasteiger partial charge in [-0.1, -0.05) is 0 Å². The van der Waals surface area contributed by atoms with E-state index < -0.39 is 15.6 Å². The summed E-state index contributed by atoms with van der Waals surface area (Å²) in [6.07, 6.45) is 0. The predicted molar refractivity (Wildman–Crippen MR) is 25.2 cm³/mol. The first-order valence-corrected chi connectivity index (χ1v) is 4.59. The Balaban J connectivity index is 0. The van der Waals surface area contributed by atoms with Crippen LogP contribution in [0.1, 0.15) is 0 Å². The van der Waals surface area contributed by atoms with Crippen LogP contribution in [-0.4, -0.2) is 19.6 Å². The first kappa shape index (κ1) is 13.5. The van der Waals surface area contributed by atoms with Crippen LogP contribution in [0.5, 0.6) is 0 Å². The molecular formula is H4O7P2Zn. The van der Waals surface area contributed by atoms with Gasteiger partial charge in [-0.05, 0) is 0 Å². The zero-order valence-electron chi connectivity index (χ0n) is 4.62. The van der Waals surface area contributed by atoms with Crippen LogP contribution in [0.2, 0.25) is 0 Å². The Hall–Kier alpha value is 0.883. The van der Waals surface area contributed by atoms with Crippen molar-refractivity contribution in [1.29, 1.82) is 0 Å². The second-order valence-corrected chi connectivity index (χ2v) is 3.68. The third kappa shape index (κ3) is 11.7. The van der Waals surface area contributed by atoms with Gasteiger partial charge in [-0.3, -0.25) is 0 Å². The molecule has 58 valence electrons. The van der Waals surface area contributed by atoms with E-state index in [1.807, 2.05) is 0 Å². The summed E-state index contributed by atoms with van der Waals surface area (Å²) in [7, 11) is -10.1. The van der Waals surface area contributed by atoms with Gasteiger partial charge in [0.25, 0.3) is 0 Å². The van der Waals surface area contributed by atoms with Gasteiger partial charge in [-0.15, -0.1) is 0 Å². The number of rotatable bonds is 2. The summed E-state index contributed by atoms with van der Waals surface area (Å²) in [4.78, 5) is 31.0. The second kappa shape index (κ2) is 4.05. The van der Waals surface area contributed by atoms with Crippen molar-refractivity contribution < 1.29 is 52.5 Å². The van der Waals surface area contributed by atoms with Crippen LogP contribution in [-0.2, 0) is 32.9 Å². The summed E-state index contributed by atoms with van der Waals surface area (Å²) < 4.78 is 22.2. The van der Waals surface area contributed by atoms with E-state index in [1.165, 1.54) is 0 Å². The van der Waals surface area contributed by atoms with Crippen molar-refractivity contribution in [2.75, 3.05) is 0 Å². The molecule has 0 aliphatic rings. The summed E-state index contributed by atoms with van der Waals surface area (Å²) in [5.41, 5.74) is 0. The molecule has 0 atom stereocenters. The Bertz CT molecular complexity index is 152. The van der Waals surface area contributed by atoms with E-state index in [9.17, 15) is 9.13 Å². The molecule has 10 heteroatoms. The minimum atomic E-state index is -5.05. The quantitative estimate of drug-likeness (QED) is 0.369. The van der Waals surface area contributed by atoms with Crippen molar-refractivity contribution in [3.05, 3.63) is 0 Å². The molecule has 4 N–H and O–H groups in total. The van der Waals surface area contributed by atoms with Gasteiger partial charge >= 0.3 is 15.6 Å². The predicted octanol–water partition coefficient (Wildman–Crippen LogP) is -0.814. The molecule has 0 heterocycles. The summed E-state index contributed by atoms with van der Waals surface area (Å²) in [6, 6.07) is 0. The molecule has 10 heavy (non-hydrogen) atoms. The summed E-state index contributed by atoms with van der Waals surface area (Å²) in [5.74, 6) is 0. The summed E-state index contributed by atoms with van der Waals surface area (Å²) in [6.45, 7) is 0. The number of hydrogen-bond donors (Lipinski definition) is 4. The van der Waals surface area contributed by atoms with Crippen molar-refractivity contribution in [3.8, 4) is 0 Å². The normalized spacial score (nSPS) is 12.4. The van der Waals surface area contributed by atoms with Gasteiger partial charge in [0.15, 0.2) is 0 Å². The van der Waals surface area contributed by atoms with Gasteiger partial charge in [0.05, 0.1) is 0 Å². The third-order valence-corrected chi connectivity index (χ3v) is 1.91. The molecule has 0 amide bonds. The van der Waals surface area contributed by atoms with Crippen molar-refractivity contribution in [2.24, 2.45) is 0 Å². The van der Waals surface area contributed by atoms with Gasteiger partial charge in [-0.25, -0.2) is 9.13 Å². The van der Waals surface area contributed by atoms with E-state index in [4.69, 9.17) is 19.6 Å². The van der Waals surface area contributed by atoms with E-state index in [0.29, 0.717) is 0 Å². The maximum Gasteiger partial charge on any atom is 0.478 e. The summed E-state index contributed by atoms with van der Waals surface area (Å²) in [5, 5.41) is 0. The van der Waals surface area contributed by atoms with E-state index in [1.54, 1.807) is 0 Å². The molecule has 0 unspecified atom stereocenters. The SMILES string of the molecule is O=P(O)(O)OP(=O)(O)O.[Zn]. The zero-order valence-corrected chi connectivity index (χ0v) is 9.37. The van der Waals surface area contributed by atoms with Crippen molar-refractivity contribution >= 4 is 15.6 Å². The van der Waals surface area contributed by atoms with Gasteiger partial charge in [-0.2, -0.15) is 4.31 Å². The Morgan fingerprint density at radius 2 is 1.10 bits per heavy atom. The largest absolute Gasteiger partial charge is 0.478 e. The van der Waals surface area contributed by atoms with Crippen LogP contribution >= 0.6 is 15.6 Å². The van der Waals surface area contributed by atoms with Crippen LogP contribution in [0.15, 0.2) is 0 Å². The molecule has 0 radical (unpaired) electrons. The topological polar surface area (TPSA) is 124 Å². The molecular weight excluding hydrogens is 239 g/mol. The fourth-order valence-electron chi connectivity index (χ4n) is 0.139. The van der Waals surface area contributed by atoms with Gasteiger partial charge < -0.3 is 19.6 Å². The first-order valence-electron chi connectivity index (χ1n) is 1.53. The van der Waals surface area contributed by atoms with E-state index in [-0.39, 0.29) is 19.5 Å². The number of phosphoric acid groups is 2. The Kier molecular flexibility index (Phi) is 5.45. The Morgan fingerprint density at radius 3 is 1.10 bits per heavy atom. The monoisotopic (exact) mass is 242 g/mol. The maximum absolute atomic E-state index is 9.63. The average Bonchev–Trinajstić information content (AvgIpc) is 1.14. The summed E-state index contributed by atoms with van der Waals surface area (Å²) >= 11 is 0. The van der Waals surface area contributed by atoms with Crippen molar-refractivity contribution in [1.82, 2.24) is 0 Å². The molecule has 0 aromatic carbocycles. The molecule has 0 aliphatic carbocycles. The zero-order chi connectivity index (χ0) is 7.71. The van der Waals surface area contributed by atoms with E-state index in [0.717, 1.165) is 0 Å². The molecule has 0 aromatic heterocycles. The second-order valence-electron chi connectivity index (χ2n) is 1.06. The Morgan fingerprint density at radius 1 is 0.900 bits per heavy atom. The molecule has 0 saturated heterocycles.